The van der Waals surface area contributed by atoms with Gasteiger partial charge in [0.1, 0.15) is 5.54 Å². The molecular weight excluding hydrogens is 266 g/mol. The molecule has 1 aromatic carbocycles. The van der Waals surface area contributed by atoms with E-state index in [1.165, 1.54) is 5.56 Å². The summed E-state index contributed by atoms with van der Waals surface area (Å²) >= 11 is 0. The second-order valence-corrected chi connectivity index (χ2v) is 5.72. The standard InChI is InChI=1S/C17H25NO3/c1-2-18-17(16(19)20,15-10-11-15)13-21-12-6-9-14-7-4-3-5-8-14/h3-5,7-8,15,18H,2,6,9-13H2,1H3,(H,19,20). The smallest absolute Gasteiger partial charge is 0.326 e. The van der Waals surface area contributed by atoms with Crippen LogP contribution in [0.25, 0.3) is 0 Å². The van der Waals surface area contributed by atoms with Gasteiger partial charge in [0.2, 0.25) is 0 Å². The van der Waals surface area contributed by atoms with Crippen LogP contribution in [0.15, 0.2) is 30.3 Å². The summed E-state index contributed by atoms with van der Waals surface area (Å²) in [4.78, 5) is 11.6. The first-order chi connectivity index (χ1) is 10.2. The number of aryl methyl sites for hydroxylation is 1. The highest BCUT2D eigenvalue weighted by atomic mass is 16.5. The largest absolute Gasteiger partial charge is 0.480 e. The second-order valence-electron chi connectivity index (χ2n) is 5.72. The van der Waals surface area contributed by atoms with Crippen molar-refractivity contribution in [2.24, 2.45) is 5.92 Å². The number of carbonyl (C=O) groups is 1. The van der Waals surface area contributed by atoms with Crippen LogP contribution in [0.5, 0.6) is 0 Å². The minimum absolute atomic E-state index is 0.212. The summed E-state index contributed by atoms with van der Waals surface area (Å²) in [5.41, 5.74) is 0.404. The Kier molecular flexibility index (Phi) is 5.76. The molecule has 4 heteroatoms. The first kappa shape index (κ1) is 16.0. The minimum Gasteiger partial charge on any atom is -0.480 e. The van der Waals surface area contributed by atoms with Gasteiger partial charge in [-0.05, 0) is 43.7 Å². The zero-order chi connectivity index (χ0) is 15.1. The number of hydrogen-bond donors (Lipinski definition) is 2. The lowest BCUT2D eigenvalue weighted by Crippen LogP contribution is -2.57. The monoisotopic (exact) mass is 291 g/mol. The Hall–Kier alpha value is -1.39. The molecule has 0 aromatic heterocycles. The summed E-state index contributed by atoms with van der Waals surface area (Å²) in [6.07, 6.45) is 3.83. The predicted octanol–water partition coefficient (Wildman–Crippen LogP) is 2.48. The van der Waals surface area contributed by atoms with Gasteiger partial charge >= 0.3 is 5.97 Å². The number of carboxylic acids is 1. The van der Waals surface area contributed by atoms with E-state index in [0.717, 1.165) is 25.7 Å². The van der Waals surface area contributed by atoms with Gasteiger partial charge in [0.25, 0.3) is 0 Å². The van der Waals surface area contributed by atoms with E-state index in [1.54, 1.807) is 0 Å². The number of nitrogens with one attached hydrogen (secondary N) is 1. The molecule has 1 aliphatic rings. The first-order valence-electron chi connectivity index (χ1n) is 7.79. The van der Waals surface area contributed by atoms with Gasteiger partial charge < -0.3 is 9.84 Å². The van der Waals surface area contributed by atoms with Crippen LogP contribution in [0.3, 0.4) is 0 Å². The number of ether oxygens (including phenoxy) is 1. The van der Waals surface area contributed by atoms with Crippen molar-refractivity contribution in [2.45, 2.75) is 38.1 Å². The number of aliphatic carboxylic acids is 1. The van der Waals surface area contributed by atoms with Gasteiger partial charge in [-0.3, -0.25) is 10.1 Å². The summed E-state index contributed by atoms with van der Waals surface area (Å²) in [5.74, 6) is -0.570. The highest BCUT2D eigenvalue weighted by Crippen LogP contribution is 2.40. The van der Waals surface area contributed by atoms with Crippen molar-refractivity contribution in [1.82, 2.24) is 5.32 Å². The normalized spacial score (nSPS) is 17.4. The molecule has 0 bridgehead atoms. The van der Waals surface area contributed by atoms with E-state index in [1.807, 2.05) is 25.1 Å². The molecule has 0 aliphatic heterocycles. The van der Waals surface area contributed by atoms with Crippen molar-refractivity contribution in [3.8, 4) is 0 Å². The van der Waals surface area contributed by atoms with Gasteiger partial charge in [-0.25, -0.2) is 0 Å². The van der Waals surface area contributed by atoms with Crippen LogP contribution in [0.4, 0.5) is 0 Å². The van der Waals surface area contributed by atoms with Gasteiger partial charge in [-0.1, -0.05) is 37.3 Å². The molecule has 1 saturated carbocycles. The third-order valence-corrected chi connectivity index (χ3v) is 4.07. The zero-order valence-electron chi connectivity index (χ0n) is 12.7. The summed E-state index contributed by atoms with van der Waals surface area (Å²) in [6, 6.07) is 10.3. The molecule has 1 fully saturated rings. The van der Waals surface area contributed by atoms with E-state index in [9.17, 15) is 9.90 Å². The van der Waals surface area contributed by atoms with E-state index in [-0.39, 0.29) is 12.5 Å². The Balaban J connectivity index is 1.76. The topological polar surface area (TPSA) is 58.6 Å². The molecule has 0 spiro atoms. The van der Waals surface area contributed by atoms with Crippen LogP contribution in [-0.4, -0.2) is 36.4 Å². The van der Waals surface area contributed by atoms with Crippen molar-refractivity contribution in [2.75, 3.05) is 19.8 Å². The molecule has 1 unspecified atom stereocenters. The third kappa shape index (κ3) is 4.29. The molecule has 0 heterocycles. The van der Waals surface area contributed by atoms with Crippen LogP contribution < -0.4 is 5.32 Å². The van der Waals surface area contributed by atoms with Crippen LogP contribution in [0.1, 0.15) is 31.7 Å². The molecule has 1 aliphatic carbocycles. The summed E-state index contributed by atoms with van der Waals surface area (Å²) in [7, 11) is 0. The Morgan fingerprint density at radius 3 is 2.67 bits per heavy atom. The maximum absolute atomic E-state index is 11.6. The van der Waals surface area contributed by atoms with E-state index >= 15 is 0 Å². The fraction of sp³-hybridized carbons (Fsp3) is 0.588. The Morgan fingerprint density at radius 2 is 2.10 bits per heavy atom. The predicted molar refractivity (Wildman–Crippen MR) is 82.3 cm³/mol. The Bertz CT molecular complexity index is 445. The van der Waals surface area contributed by atoms with Gasteiger partial charge in [-0.15, -0.1) is 0 Å². The fourth-order valence-corrected chi connectivity index (χ4v) is 2.77. The first-order valence-corrected chi connectivity index (χ1v) is 7.79. The van der Waals surface area contributed by atoms with Gasteiger partial charge in [-0.2, -0.15) is 0 Å². The molecule has 0 radical (unpaired) electrons. The summed E-state index contributed by atoms with van der Waals surface area (Å²) < 4.78 is 5.69. The van der Waals surface area contributed by atoms with Crippen molar-refractivity contribution < 1.29 is 14.6 Å². The number of likely N-dealkylation sites (N-methyl/N-ethyl adjacent to an activating group) is 1. The molecule has 0 saturated heterocycles. The number of hydrogen-bond acceptors (Lipinski definition) is 3. The number of rotatable bonds is 10. The molecule has 1 atom stereocenters. The molecule has 116 valence electrons. The molecule has 0 amide bonds. The Morgan fingerprint density at radius 1 is 1.38 bits per heavy atom. The maximum atomic E-state index is 11.6. The van der Waals surface area contributed by atoms with Crippen molar-refractivity contribution in [3.63, 3.8) is 0 Å². The average Bonchev–Trinajstić information content (AvgIpc) is 3.31. The number of benzene rings is 1. The SMILES string of the molecule is CCNC(COCCCc1ccccc1)(C(=O)O)C1CC1. The molecule has 2 N–H and O–H groups in total. The lowest BCUT2D eigenvalue weighted by Gasteiger charge is -2.30. The fourth-order valence-electron chi connectivity index (χ4n) is 2.77. The highest BCUT2D eigenvalue weighted by molar-refractivity contribution is 5.80. The molecule has 4 nitrogen and oxygen atoms in total. The average molecular weight is 291 g/mol. The van der Waals surface area contributed by atoms with Gasteiger partial charge in [0, 0.05) is 6.61 Å². The quantitative estimate of drug-likeness (QED) is 0.650. The third-order valence-electron chi connectivity index (χ3n) is 4.07. The lowest BCUT2D eigenvalue weighted by molar-refractivity contribution is -0.149. The zero-order valence-corrected chi connectivity index (χ0v) is 12.7. The molecular formula is C17H25NO3. The number of carboxylic acid groups (broad SMARTS) is 1. The van der Waals surface area contributed by atoms with Crippen LogP contribution in [0.2, 0.25) is 0 Å². The van der Waals surface area contributed by atoms with E-state index in [2.05, 4.69) is 17.4 Å². The van der Waals surface area contributed by atoms with Gasteiger partial charge in [0.15, 0.2) is 0 Å². The molecule has 21 heavy (non-hydrogen) atoms. The van der Waals surface area contributed by atoms with E-state index in [0.29, 0.717) is 13.2 Å². The maximum Gasteiger partial charge on any atom is 0.326 e. The van der Waals surface area contributed by atoms with Crippen molar-refractivity contribution in [3.05, 3.63) is 35.9 Å². The van der Waals surface area contributed by atoms with Crippen molar-refractivity contribution >= 4 is 5.97 Å². The van der Waals surface area contributed by atoms with Crippen LogP contribution >= 0.6 is 0 Å². The second kappa shape index (κ2) is 7.57. The summed E-state index contributed by atoms with van der Waals surface area (Å²) in [5, 5.41) is 12.7. The van der Waals surface area contributed by atoms with E-state index in [4.69, 9.17) is 4.74 Å². The molecule has 2 rings (SSSR count). The van der Waals surface area contributed by atoms with Crippen LogP contribution in [0, 0.1) is 5.92 Å². The minimum atomic E-state index is -0.887. The summed E-state index contributed by atoms with van der Waals surface area (Å²) in [6.45, 7) is 3.45. The van der Waals surface area contributed by atoms with E-state index < -0.39 is 11.5 Å². The van der Waals surface area contributed by atoms with Crippen molar-refractivity contribution in [1.29, 1.82) is 0 Å². The van der Waals surface area contributed by atoms with Gasteiger partial charge in [0.05, 0.1) is 6.61 Å². The lowest BCUT2D eigenvalue weighted by atomic mass is 9.94. The molecule has 1 aromatic rings. The highest BCUT2D eigenvalue weighted by Gasteiger charge is 2.51. The Labute approximate surface area is 126 Å². The van der Waals surface area contributed by atoms with Crippen LogP contribution in [-0.2, 0) is 16.0 Å².